The number of carbonyl (C=O) groups excluding carboxylic acids is 1. The van der Waals surface area contributed by atoms with Crippen LogP contribution in [0.1, 0.15) is 44.9 Å². The molecular formula is C20H26N4O2. The molecule has 138 valence electrons. The first-order valence-corrected chi connectivity index (χ1v) is 9.65. The fourth-order valence-electron chi connectivity index (χ4n) is 4.43. The van der Waals surface area contributed by atoms with E-state index >= 15 is 0 Å². The molecule has 1 unspecified atom stereocenters. The summed E-state index contributed by atoms with van der Waals surface area (Å²) in [5.41, 5.74) is 0.580. The third kappa shape index (κ3) is 3.03. The summed E-state index contributed by atoms with van der Waals surface area (Å²) in [6.07, 6.45) is 5.00. The molecule has 1 atom stereocenters. The second kappa shape index (κ2) is 7.19. The Morgan fingerprint density at radius 3 is 2.69 bits per heavy atom. The van der Waals surface area contributed by atoms with Gasteiger partial charge in [0.1, 0.15) is 5.54 Å². The van der Waals surface area contributed by atoms with Crippen LogP contribution in [-0.4, -0.2) is 51.0 Å². The normalized spacial score (nSPS) is 23.9. The number of hydrogen-bond acceptors (Lipinski definition) is 5. The molecule has 0 saturated carbocycles. The van der Waals surface area contributed by atoms with Crippen LogP contribution in [0.5, 0.6) is 0 Å². The molecule has 4 rings (SSSR count). The fraction of sp³-hybridized carbons (Fsp3) is 0.550. The van der Waals surface area contributed by atoms with Crippen molar-refractivity contribution >= 4 is 5.91 Å². The molecule has 6 nitrogen and oxygen atoms in total. The van der Waals surface area contributed by atoms with E-state index in [-0.39, 0.29) is 5.54 Å². The lowest BCUT2D eigenvalue weighted by atomic mass is 9.85. The highest BCUT2D eigenvalue weighted by atomic mass is 16.5. The van der Waals surface area contributed by atoms with E-state index in [0.717, 1.165) is 57.3 Å². The van der Waals surface area contributed by atoms with Crippen molar-refractivity contribution in [2.75, 3.05) is 19.6 Å². The Morgan fingerprint density at radius 2 is 1.92 bits per heavy atom. The van der Waals surface area contributed by atoms with Crippen molar-refractivity contribution in [3.63, 3.8) is 0 Å². The third-order valence-corrected chi connectivity index (χ3v) is 5.65. The Balaban J connectivity index is 1.53. The average molecular weight is 354 g/mol. The lowest BCUT2D eigenvalue weighted by molar-refractivity contribution is -0.148. The van der Waals surface area contributed by atoms with Crippen LogP contribution >= 0.6 is 0 Å². The zero-order valence-electron chi connectivity index (χ0n) is 15.4. The van der Waals surface area contributed by atoms with Crippen molar-refractivity contribution in [2.24, 2.45) is 0 Å². The molecule has 2 aromatic rings. The number of rotatable bonds is 5. The second-order valence-corrected chi connectivity index (χ2v) is 7.33. The molecule has 0 bridgehead atoms. The first-order chi connectivity index (χ1) is 12.7. The quantitative estimate of drug-likeness (QED) is 0.826. The van der Waals surface area contributed by atoms with Crippen LogP contribution in [0.2, 0.25) is 0 Å². The van der Waals surface area contributed by atoms with Crippen molar-refractivity contribution < 1.29 is 9.32 Å². The van der Waals surface area contributed by atoms with Crippen LogP contribution < -0.4 is 0 Å². The topological polar surface area (TPSA) is 62.5 Å². The van der Waals surface area contributed by atoms with Crippen LogP contribution in [0.4, 0.5) is 0 Å². The first kappa shape index (κ1) is 17.2. The van der Waals surface area contributed by atoms with Crippen LogP contribution in [0.3, 0.4) is 0 Å². The molecule has 2 aliphatic rings. The molecule has 3 heterocycles. The van der Waals surface area contributed by atoms with Crippen molar-refractivity contribution in [3.05, 3.63) is 36.2 Å². The summed E-state index contributed by atoms with van der Waals surface area (Å²) < 4.78 is 5.50. The highest BCUT2D eigenvalue weighted by Crippen LogP contribution is 2.39. The Kier molecular flexibility index (Phi) is 4.76. The standard InChI is InChI=1S/C20H26N4O2/c1-2-12-23-13-6-10-20(19(23)25)11-7-14-24(20)15-17-21-18(22-26-17)16-8-4-3-5-9-16/h3-5,8-9H,2,6-7,10-15H2,1H3. The number of benzene rings is 1. The van der Waals surface area contributed by atoms with Gasteiger partial charge in [0.2, 0.25) is 17.6 Å². The van der Waals surface area contributed by atoms with Gasteiger partial charge in [-0.05, 0) is 38.6 Å². The van der Waals surface area contributed by atoms with E-state index in [1.54, 1.807) is 0 Å². The number of carbonyl (C=O) groups is 1. The number of nitrogens with zero attached hydrogens (tertiary/aromatic N) is 4. The molecule has 2 fully saturated rings. The van der Waals surface area contributed by atoms with Gasteiger partial charge in [-0.25, -0.2) is 0 Å². The zero-order valence-corrected chi connectivity index (χ0v) is 15.4. The maximum atomic E-state index is 13.2. The Hall–Kier alpha value is -2.21. The summed E-state index contributed by atoms with van der Waals surface area (Å²) >= 11 is 0. The lowest BCUT2D eigenvalue weighted by Gasteiger charge is -2.44. The maximum absolute atomic E-state index is 13.2. The number of amides is 1. The van der Waals surface area contributed by atoms with Gasteiger partial charge in [-0.2, -0.15) is 4.98 Å². The molecule has 1 aromatic heterocycles. The molecule has 2 aliphatic heterocycles. The summed E-state index contributed by atoms with van der Waals surface area (Å²) in [6, 6.07) is 9.83. The van der Waals surface area contributed by atoms with Gasteiger partial charge in [0.15, 0.2) is 0 Å². The van der Waals surface area contributed by atoms with E-state index in [4.69, 9.17) is 4.52 Å². The smallest absolute Gasteiger partial charge is 0.243 e. The second-order valence-electron chi connectivity index (χ2n) is 7.33. The van der Waals surface area contributed by atoms with Crippen LogP contribution in [0.25, 0.3) is 11.4 Å². The molecule has 2 saturated heterocycles. The summed E-state index contributed by atoms with van der Waals surface area (Å²) in [7, 11) is 0. The molecule has 26 heavy (non-hydrogen) atoms. The van der Waals surface area contributed by atoms with Crippen LogP contribution in [-0.2, 0) is 11.3 Å². The van der Waals surface area contributed by atoms with E-state index in [9.17, 15) is 4.79 Å². The highest BCUT2D eigenvalue weighted by Gasteiger charge is 2.50. The summed E-state index contributed by atoms with van der Waals surface area (Å²) in [5.74, 6) is 1.49. The van der Waals surface area contributed by atoms with E-state index in [1.807, 2.05) is 35.2 Å². The molecule has 1 aromatic carbocycles. The molecule has 0 N–H and O–H groups in total. The molecule has 6 heteroatoms. The van der Waals surface area contributed by atoms with Gasteiger partial charge < -0.3 is 9.42 Å². The summed E-state index contributed by atoms with van der Waals surface area (Å²) in [5, 5.41) is 4.12. The molecule has 0 radical (unpaired) electrons. The SMILES string of the molecule is CCCN1CCCC2(CCCN2Cc2nc(-c3ccccc3)no2)C1=O. The predicted octanol–water partition coefficient (Wildman–Crippen LogP) is 3.10. The summed E-state index contributed by atoms with van der Waals surface area (Å²) in [4.78, 5) is 22.1. The van der Waals surface area contributed by atoms with Gasteiger partial charge in [-0.15, -0.1) is 0 Å². The van der Waals surface area contributed by atoms with Crippen molar-refractivity contribution in [1.82, 2.24) is 19.9 Å². The first-order valence-electron chi connectivity index (χ1n) is 9.65. The largest absolute Gasteiger partial charge is 0.341 e. The zero-order chi connectivity index (χ0) is 18.0. The van der Waals surface area contributed by atoms with E-state index in [2.05, 4.69) is 22.0 Å². The fourth-order valence-corrected chi connectivity index (χ4v) is 4.43. The monoisotopic (exact) mass is 354 g/mol. The van der Waals surface area contributed by atoms with E-state index in [1.165, 1.54) is 0 Å². The predicted molar refractivity (Wildman–Crippen MR) is 98.2 cm³/mol. The van der Waals surface area contributed by atoms with Crippen molar-refractivity contribution in [3.8, 4) is 11.4 Å². The number of aromatic nitrogens is 2. The van der Waals surface area contributed by atoms with Gasteiger partial charge in [-0.3, -0.25) is 9.69 Å². The van der Waals surface area contributed by atoms with Crippen LogP contribution in [0, 0.1) is 0 Å². The van der Waals surface area contributed by atoms with Gasteiger partial charge in [0.05, 0.1) is 6.54 Å². The minimum absolute atomic E-state index is 0.297. The average Bonchev–Trinajstić information content (AvgIpc) is 3.29. The summed E-state index contributed by atoms with van der Waals surface area (Å²) in [6.45, 7) is 5.33. The van der Waals surface area contributed by atoms with Gasteiger partial charge in [0.25, 0.3) is 0 Å². The maximum Gasteiger partial charge on any atom is 0.243 e. The lowest BCUT2D eigenvalue weighted by Crippen LogP contribution is -2.59. The van der Waals surface area contributed by atoms with E-state index in [0.29, 0.717) is 24.2 Å². The number of likely N-dealkylation sites (tertiary alicyclic amines) is 2. The molecule has 0 aliphatic carbocycles. The number of piperidine rings is 1. The van der Waals surface area contributed by atoms with Gasteiger partial charge in [0, 0.05) is 18.7 Å². The Labute approximate surface area is 154 Å². The van der Waals surface area contributed by atoms with Crippen molar-refractivity contribution in [1.29, 1.82) is 0 Å². The molecule has 1 spiro atoms. The van der Waals surface area contributed by atoms with Gasteiger partial charge in [-0.1, -0.05) is 42.4 Å². The van der Waals surface area contributed by atoms with E-state index < -0.39 is 0 Å². The molecule has 1 amide bonds. The highest BCUT2D eigenvalue weighted by molar-refractivity contribution is 5.87. The molecular weight excluding hydrogens is 328 g/mol. The minimum Gasteiger partial charge on any atom is -0.341 e. The Bertz CT molecular complexity index is 758. The van der Waals surface area contributed by atoms with Crippen molar-refractivity contribution in [2.45, 2.75) is 51.1 Å². The number of hydrogen-bond donors (Lipinski definition) is 0. The minimum atomic E-state index is -0.366. The van der Waals surface area contributed by atoms with Gasteiger partial charge >= 0.3 is 0 Å². The Morgan fingerprint density at radius 1 is 1.15 bits per heavy atom. The third-order valence-electron chi connectivity index (χ3n) is 5.65. The van der Waals surface area contributed by atoms with Crippen LogP contribution in [0.15, 0.2) is 34.9 Å².